The summed E-state index contributed by atoms with van der Waals surface area (Å²) in [5, 5.41) is 0. The molecule has 19 heavy (non-hydrogen) atoms. The Labute approximate surface area is 115 Å². The van der Waals surface area contributed by atoms with Gasteiger partial charge in [0.1, 0.15) is 0 Å². The Kier molecular flexibility index (Phi) is 3.33. The molecule has 2 nitrogen and oxygen atoms in total. The van der Waals surface area contributed by atoms with Crippen LogP contribution in [0.5, 0.6) is 0 Å². The summed E-state index contributed by atoms with van der Waals surface area (Å²) in [5.41, 5.74) is 9.24. The van der Waals surface area contributed by atoms with Gasteiger partial charge in [-0.05, 0) is 56.4 Å². The molecule has 100 valence electrons. The maximum atomic E-state index is 3.59. The van der Waals surface area contributed by atoms with Crippen molar-refractivity contribution < 1.29 is 0 Å². The Morgan fingerprint density at radius 3 is 2.63 bits per heavy atom. The number of fused-ring (bicyclic) bond motifs is 1. The molecule has 1 aromatic heterocycles. The highest BCUT2D eigenvalue weighted by molar-refractivity contribution is 5.33. The highest BCUT2D eigenvalue weighted by Crippen LogP contribution is 2.31. The number of aromatic nitrogens is 1. The number of hydrogen-bond acceptors (Lipinski definition) is 1. The van der Waals surface area contributed by atoms with E-state index in [1.54, 1.807) is 11.1 Å². The smallest absolute Gasteiger partial charge is 0.0382 e. The fourth-order valence-corrected chi connectivity index (χ4v) is 3.19. The lowest BCUT2D eigenvalue weighted by Gasteiger charge is -2.27. The van der Waals surface area contributed by atoms with Crippen molar-refractivity contribution in [2.24, 2.45) is 0 Å². The molecule has 1 unspecified atom stereocenters. The number of aryl methyl sites for hydroxylation is 3. The van der Waals surface area contributed by atoms with Crippen molar-refractivity contribution >= 4 is 0 Å². The van der Waals surface area contributed by atoms with Gasteiger partial charge < -0.3 is 5.43 Å². The van der Waals surface area contributed by atoms with Crippen LogP contribution in [0.2, 0.25) is 0 Å². The molecule has 0 saturated carbocycles. The molecule has 1 heterocycles. The van der Waals surface area contributed by atoms with E-state index in [9.17, 15) is 0 Å². The zero-order chi connectivity index (χ0) is 13.2. The predicted molar refractivity (Wildman–Crippen MR) is 80.3 cm³/mol. The van der Waals surface area contributed by atoms with Gasteiger partial charge in [-0.2, -0.15) is 0 Å². The van der Waals surface area contributed by atoms with Crippen LogP contribution < -0.4 is 5.43 Å². The van der Waals surface area contributed by atoms with E-state index in [-0.39, 0.29) is 0 Å². The fourth-order valence-electron chi connectivity index (χ4n) is 3.19. The van der Waals surface area contributed by atoms with Gasteiger partial charge >= 0.3 is 0 Å². The van der Waals surface area contributed by atoms with Crippen LogP contribution in [0.4, 0.5) is 0 Å². The molecule has 0 amide bonds. The van der Waals surface area contributed by atoms with Gasteiger partial charge in [-0.15, -0.1) is 0 Å². The Morgan fingerprint density at radius 2 is 1.84 bits per heavy atom. The summed E-state index contributed by atoms with van der Waals surface area (Å²) in [6.45, 7) is 5.32. The minimum Gasteiger partial charge on any atom is -0.325 e. The summed E-state index contributed by atoms with van der Waals surface area (Å²) in [6.07, 6.45) is 3.85. The number of nitrogens with zero attached hydrogens (tertiary/aromatic N) is 1. The topological polar surface area (TPSA) is 17.0 Å². The average molecular weight is 254 g/mol. The van der Waals surface area contributed by atoms with Crippen molar-refractivity contribution in [2.45, 2.75) is 39.0 Å². The monoisotopic (exact) mass is 254 g/mol. The second kappa shape index (κ2) is 5.12. The molecule has 1 N–H and O–H groups in total. The number of rotatable bonds is 3. The Balaban J connectivity index is 1.75. The van der Waals surface area contributed by atoms with Crippen LogP contribution in [-0.4, -0.2) is 11.2 Å². The average Bonchev–Trinajstić information content (AvgIpc) is 2.76. The van der Waals surface area contributed by atoms with Gasteiger partial charge in [-0.1, -0.05) is 24.3 Å². The van der Waals surface area contributed by atoms with E-state index < -0.39 is 0 Å². The zero-order valence-corrected chi connectivity index (χ0v) is 11.8. The SMILES string of the molecule is Cc1ccc(C)n1NCC1CCCc2ccccc21. The first kappa shape index (κ1) is 12.3. The summed E-state index contributed by atoms with van der Waals surface area (Å²) < 4.78 is 2.21. The molecular weight excluding hydrogens is 232 g/mol. The summed E-state index contributed by atoms with van der Waals surface area (Å²) in [7, 11) is 0. The first-order chi connectivity index (χ1) is 9.25. The van der Waals surface area contributed by atoms with Crippen molar-refractivity contribution in [1.82, 2.24) is 4.68 Å². The fraction of sp³-hybridized carbons (Fsp3) is 0.412. The van der Waals surface area contributed by atoms with Crippen LogP contribution in [0.25, 0.3) is 0 Å². The van der Waals surface area contributed by atoms with Gasteiger partial charge in [0.2, 0.25) is 0 Å². The van der Waals surface area contributed by atoms with E-state index in [4.69, 9.17) is 0 Å². The molecule has 3 rings (SSSR count). The van der Waals surface area contributed by atoms with E-state index in [1.165, 1.54) is 30.7 Å². The molecule has 0 fully saturated rings. The molecule has 0 bridgehead atoms. The van der Waals surface area contributed by atoms with Crippen molar-refractivity contribution in [1.29, 1.82) is 0 Å². The standard InChI is InChI=1S/C17H22N2/c1-13-10-11-14(2)19(13)18-12-16-8-5-7-15-6-3-4-9-17(15)16/h3-4,6,9-11,16,18H,5,7-8,12H2,1-2H3. The molecular formula is C17H22N2. The van der Waals surface area contributed by atoms with Crippen LogP contribution in [0.15, 0.2) is 36.4 Å². The van der Waals surface area contributed by atoms with Gasteiger partial charge in [0.25, 0.3) is 0 Å². The molecule has 1 atom stereocenters. The summed E-state index contributed by atoms with van der Waals surface area (Å²) in [4.78, 5) is 0. The second-order valence-corrected chi connectivity index (χ2v) is 5.60. The second-order valence-electron chi connectivity index (χ2n) is 5.60. The molecule has 1 aromatic carbocycles. The number of benzene rings is 1. The van der Waals surface area contributed by atoms with Crippen LogP contribution in [0.3, 0.4) is 0 Å². The Hall–Kier alpha value is -1.70. The molecule has 2 heteroatoms. The maximum Gasteiger partial charge on any atom is 0.0382 e. The number of hydrogen-bond donors (Lipinski definition) is 1. The van der Waals surface area contributed by atoms with Crippen molar-refractivity contribution in [3.05, 3.63) is 58.9 Å². The zero-order valence-electron chi connectivity index (χ0n) is 11.8. The third kappa shape index (κ3) is 2.40. The highest BCUT2D eigenvalue weighted by Gasteiger charge is 2.19. The first-order valence-corrected chi connectivity index (χ1v) is 7.22. The third-order valence-electron chi connectivity index (χ3n) is 4.26. The van der Waals surface area contributed by atoms with Gasteiger partial charge in [-0.3, -0.25) is 4.68 Å². The van der Waals surface area contributed by atoms with Crippen LogP contribution in [0.1, 0.15) is 41.3 Å². The highest BCUT2D eigenvalue weighted by atomic mass is 15.4. The molecule has 1 aliphatic rings. The van der Waals surface area contributed by atoms with E-state index in [0.717, 1.165) is 6.54 Å². The lowest BCUT2D eigenvalue weighted by molar-refractivity contribution is 0.552. The predicted octanol–water partition coefficient (Wildman–Crippen LogP) is 3.77. The third-order valence-corrected chi connectivity index (χ3v) is 4.26. The van der Waals surface area contributed by atoms with Crippen molar-refractivity contribution in [2.75, 3.05) is 12.0 Å². The summed E-state index contributed by atoms with van der Waals surface area (Å²) in [6, 6.07) is 13.2. The van der Waals surface area contributed by atoms with Gasteiger partial charge in [0.15, 0.2) is 0 Å². The lowest BCUT2D eigenvalue weighted by atomic mass is 9.83. The van der Waals surface area contributed by atoms with E-state index >= 15 is 0 Å². The largest absolute Gasteiger partial charge is 0.325 e. The summed E-state index contributed by atoms with van der Waals surface area (Å²) >= 11 is 0. The first-order valence-electron chi connectivity index (χ1n) is 7.22. The minimum absolute atomic E-state index is 0.645. The van der Waals surface area contributed by atoms with E-state index in [0.29, 0.717) is 5.92 Å². The summed E-state index contributed by atoms with van der Waals surface area (Å²) in [5.74, 6) is 0.645. The van der Waals surface area contributed by atoms with Crippen molar-refractivity contribution in [3.8, 4) is 0 Å². The van der Waals surface area contributed by atoms with E-state index in [1.807, 2.05) is 0 Å². The molecule has 2 aromatic rings. The lowest BCUT2D eigenvalue weighted by Crippen LogP contribution is -2.25. The van der Waals surface area contributed by atoms with Gasteiger partial charge in [0.05, 0.1) is 0 Å². The Morgan fingerprint density at radius 1 is 1.11 bits per heavy atom. The number of nitrogens with one attached hydrogen (secondary N) is 1. The molecule has 0 aliphatic heterocycles. The Bertz CT molecular complexity index is 549. The maximum absolute atomic E-state index is 3.59. The van der Waals surface area contributed by atoms with Crippen LogP contribution >= 0.6 is 0 Å². The quantitative estimate of drug-likeness (QED) is 0.882. The molecule has 0 saturated heterocycles. The minimum atomic E-state index is 0.645. The normalized spacial score (nSPS) is 18.1. The van der Waals surface area contributed by atoms with Gasteiger partial charge in [-0.25, -0.2) is 0 Å². The van der Waals surface area contributed by atoms with Crippen molar-refractivity contribution in [3.63, 3.8) is 0 Å². The molecule has 0 radical (unpaired) electrons. The van der Waals surface area contributed by atoms with Crippen LogP contribution in [-0.2, 0) is 6.42 Å². The molecule has 1 aliphatic carbocycles. The van der Waals surface area contributed by atoms with Gasteiger partial charge in [0, 0.05) is 23.9 Å². The van der Waals surface area contributed by atoms with Crippen LogP contribution in [0, 0.1) is 13.8 Å². The molecule has 0 spiro atoms. The van der Waals surface area contributed by atoms with E-state index in [2.05, 4.69) is 60.3 Å².